The molecule has 1 N–H and O–H groups in total. The summed E-state index contributed by atoms with van der Waals surface area (Å²) in [7, 11) is 0. The highest BCUT2D eigenvalue weighted by Crippen LogP contribution is 2.29. The standard InChI is InChI=1S/C21H27NO3/c1-4-16-7-11-18(12-8-16)22-21(23)14-10-17-9-13-19(24-5-2)20(15-17)25-6-3/h7-9,11-13,15H,4-6,10,14H2,1-3H3,(H,22,23). The first kappa shape index (κ1) is 18.8. The zero-order chi connectivity index (χ0) is 18.1. The van der Waals surface area contributed by atoms with Crippen LogP contribution >= 0.6 is 0 Å². The molecular formula is C21H27NO3. The molecule has 0 radical (unpaired) electrons. The summed E-state index contributed by atoms with van der Waals surface area (Å²) in [4.78, 5) is 12.2. The van der Waals surface area contributed by atoms with Crippen LogP contribution < -0.4 is 14.8 Å². The third-order valence-corrected chi connectivity index (χ3v) is 3.89. The van der Waals surface area contributed by atoms with Gasteiger partial charge in [-0.3, -0.25) is 4.79 Å². The van der Waals surface area contributed by atoms with E-state index in [4.69, 9.17) is 9.47 Å². The quantitative estimate of drug-likeness (QED) is 0.724. The molecular weight excluding hydrogens is 314 g/mol. The Labute approximate surface area is 150 Å². The Balaban J connectivity index is 1.92. The molecule has 0 heterocycles. The fourth-order valence-electron chi connectivity index (χ4n) is 2.56. The van der Waals surface area contributed by atoms with Crippen molar-refractivity contribution in [3.63, 3.8) is 0 Å². The van der Waals surface area contributed by atoms with Gasteiger partial charge in [0.05, 0.1) is 13.2 Å². The van der Waals surface area contributed by atoms with E-state index in [1.807, 2.05) is 56.3 Å². The molecule has 2 aromatic rings. The van der Waals surface area contributed by atoms with Gasteiger partial charge in [0.25, 0.3) is 0 Å². The van der Waals surface area contributed by atoms with Gasteiger partial charge in [0.15, 0.2) is 11.5 Å². The van der Waals surface area contributed by atoms with Crippen molar-refractivity contribution >= 4 is 11.6 Å². The van der Waals surface area contributed by atoms with E-state index in [0.717, 1.165) is 29.2 Å². The second-order valence-electron chi connectivity index (χ2n) is 5.75. The predicted molar refractivity (Wildman–Crippen MR) is 102 cm³/mol. The molecule has 2 rings (SSSR count). The largest absolute Gasteiger partial charge is 0.490 e. The zero-order valence-corrected chi connectivity index (χ0v) is 15.3. The number of hydrogen-bond acceptors (Lipinski definition) is 3. The number of carbonyl (C=O) groups is 1. The van der Waals surface area contributed by atoms with Crippen LogP contribution in [0.1, 0.15) is 38.3 Å². The van der Waals surface area contributed by atoms with Crippen LogP contribution in [0.5, 0.6) is 11.5 Å². The van der Waals surface area contributed by atoms with Crippen molar-refractivity contribution in [3.05, 3.63) is 53.6 Å². The van der Waals surface area contributed by atoms with Crippen LogP contribution in [0.2, 0.25) is 0 Å². The van der Waals surface area contributed by atoms with E-state index in [9.17, 15) is 4.79 Å². The molecule has 4 nitrogen and oxygen atoms in total. The van der Waals surface area contributed by atoms with E-state index >= 15 is 0 Å². The number of aryl methyl sites for hydroxylation is 2. The molecule has 0 atom stereocenters. The Morgan fingerprint density at radius 3 is 2.16 bits per heavy atom. The molecule has 0 aliphatic carbocycles. The SMILES string of the molecule is CCOc1ccc(CCC(=O)Nc2ccc(CC)cc2)cc1OCC. The van der Waals surface area contributed by atoms with Gasteiger partial charge in [0, 0.05) is 12.1 Å². The molecule has 2 aromatic carbocycles. The van der Waals surface area contributed by atoms with Crippen molar-refractivity contribution in [3.8, 4) is 11.5 Å². The highest BCUT2D eigenvalue weighted by Gasteiger charge is 2.08. The van der Waals surface area contributed by atoms with Gasteiger partial charge in [-0.2, -0.15) is 0 Å². The lowest BCUT2D eigenvalue weighted by Gasteiger charge is -2.12. The minimum Gasteiger partial charge on any atom is -0.490 e. The van der Waals surface area contributed by atoms with E-state index < -0.39 is 0 Å². The maximum Gasteiger partial charge on any atom is 0.224 e. The lowest BCUT2D eigenvalue weighted by Crippen LogP contribution is -2.12. The van der Waals surface area contributed by atoms with Crippen LogP contribution in [-0.2, 0) is 17.6 Å². The number of benzene rings is 2. The summed E-state index contributed by atoms with van der Waals surface area (Å²) < 4.78 is 11.2. The summed E-state index contributed by atoms with van der Waals surface area (Å²) in [6.45, 7) is 7.18. The topological polar surface area (TPSA) is 47.6 Å². The Hall–Kier alpha value is -2.49. The number of hydrogen-bond donors (Lipinski definition) is 1. The third kappa shape index (κ3) is 5.82. The van der Waals surface area contributed by atoms with Gasteiger partial charge in [-0.25, -0.2) is 0 Å². The van der Waals surface area contributed by atoms with Gasteiger partial charge in [-0.1, -0.05) is 25.1 Å². The number of ether oxygens (including phenoxy) is 2. The first-order valence-electron chi connectivity index (χ1n) is 8.93. The molecule has 0 saturated carbocycles. The number of carbonyl (C=O) groups excluding carboxylic acids is 1. The van der Waals surface area contributed by atoms with Gasteiger partial charge in [0.1, 0.15) is 0 Å². The molecule has 0 aliphatic rings. The number of amides is 1. The summed E-state index contributed by atoms with van der Waals surface area (Å²) in [5.41, 5.74) is 3.16. The number of nitrogens with one attached hydrogen (secondary N) is 1. The van der Waals surface area contributed by atoms with Crippen molar-refractivity contribution in [2.75, 3.05) is 18.5 Å². The van der Waals surface area contributed by atoms with E-state index in [-0.39, 0.29) is 5.91 Å². The van der Waals surface area contributed by atoms with Crippen LogP contribution in [0.4, 0.5) is 5.69 Å². The first-order chi connectivity index (χ1) is 12.2. The Bertz CT molecular complexity index is 680. The van der Waals surface area contributed by atoms with Crippen molar-refractivity contribution in [1.29, 1.82) is 0 Å². The summed E-state index contributed by atoms with van der Waals surface area (Å²) in [6.07, 6.45) is 2.08. The maximum absolute atomic E-state index is 12.2. The van der Waals surface area contributed by atoms with Crippen molar-refractivity contribution in [2.24, 2.45) is 0 Å². The highest BCUT2D eigenvalue weighted by molar-refractivity contribution is 5.90. The van der Waals surface area contributed by atoms with Crippen LogP contribution in [0.25, 0.3) is 0 Å². The van der Waals surface area contributed by atoms with Gasteiger partial charge >= 0.3 is 0 Å². The molecule has 0 aliphatic heterocycles. The zero-order valence-electron chi connectivity index (χ0n) is 15.3. The second-order valence-corrected chi connectivity index (χ2v) is 5.75. The van der Waals surface area contributed by atoms with Crippen LogP contribution in [0.3, 0.4) is 0 Å². The fraction of sp³-hybridized carbons (Fsp3) is 0.381. The van der Waals surface area contributed by atoms with Gasteiger partial charge in [0.2, 0.25) is 5.91 Å². The van der Waals surface area contributed by atoms with Crippen LogP contribution in [0.15, 0.2) is 42.5 Å². The van der Waals surface area contributed by atoms with Gasteiger partial charge in [-0.15, -0.1) is 0 Å². The monoisotopic (exact) mass is 341 g/mol. The fourth-order valence-corrected chi connectivity index (χ4v) is 2.56. The van der Waals surface area contributed by atoms with Crippen molar-refractivity contribution in [1.82, 2.24) is 0 Å². The predicted octanol–water partition coefficient (Wildman–Crippen LogP) is 4.62. The van der Waals surface area contributed by atoms with E-state index in [1.165, 1.54) is 5.56 Å². The number of anilines is 1. The third-order valence-electron chi connectivity index (χ3n) is 3.89. The first-order valence-corrected chi connectivity index (χ1v) is 8.93. The second kappa shape index (κ2) is 9.72. The summed E-state index contributed by atoms with van der Waals surface area (Å²) in [5.74, 6) is 1.49. The molecule has 1 amide bonds. The van der Waals surface area contributed by atoms with Crippen LogP contribution in [0, 0.1) is 0 Å². The molecule has 4 heteroatoms. The van der Waals surface area contributed by atoms with E-state index in [2.05, 4.69) is 12.2 Å². The van der Waals surface area contributed by atoms with Crippen LogP contribution in [-0.4, -0.2) is 19.1 Å². The molecule has 0 aromatic heterocycles. The summed E-state index contributed by atoms with van der Waals surface area (Å²) >= 11 is 0. The molecule has 0 unspecified atom stereocenters. The van der Waals surface area contributed by atoms with E-state index in [0.29, 0.717) is 26.1 Å². The highest BCUT2D eigenvalue weighted by atomic mass is 16.5. The Kier molecular flexibility index (Phi) is 7.33. The molecule has 134 valence electrons. The summed E-state index contributed by atoms with van der Waals surface area (Å²) in [5, 5.41) is 2.94. The lowest BCUT2D eigenvalue weighted by atomic mass is 10.1. The molecule has 25 heavy (non-hydrogen) atoms. The van der Waals surface area contributed by atoms with E-state index in [1.54, 1.807) is 0 Å². The minimum absolute atomic E-state index is 0.0103. The normalized spacial score (nSPS) is 10.4. The average Bonchev–Trinajstić information content (AvgIpc) is 2.63. The minimum atomic E-state index is 0.0103. The lowest BCUT2D eigenvalue weighted by molar-refractivity contribution is -0.116. The molecule has 0 saturated heterocycles. The average molecular weight is 341 g/mol. The van der Waals surface area contributed by atoms with Gasteiger partial charge < -0.3 is 14.8 Å². The maximum atomic E-state index is 12.2. The molecule has 0 fully saturated rings. The summed E-state index contributed by atoms with van der Waals surface area (Å²) in [6, 6.07) is 13.8. The molecule has 0 bridgehead atoms. The van der Waals surface area contributed by atoms with Crippen molar-refractivity contribution in [2.45, 2.75) is 40.0 Å². The van der Waals surface area contributed by atoms with Gasteiger partial charge in [-0.05, 0) is 62.1 Å². The number of rotatable bonds is 9. The van der Waals surface area contributed by atoms with Crippen molar-refractivity contribution < 1.29 is 14.3 Å². The molecule has 0 spiro atoms. The Morgan fingerprint density at radius 2 is 1.52 bits per heavy atom. The smallest absolute Gasteiger partial charge is 0.224 e. The Morgan fingerprint density at radius 1 is 0.880 bits per heavy atom.